The number of aromatic nitrogens is 1. The third-order valence-corrected chi connectivity index (χ3v) is 3.61. The Morgan fingerprint density at radius 3 is 2.89 bits per heavy atom. The summed E-state index contributed by atoms with van der Waals surface area (Å²) in [4.78, 5) is 4.43. The van der Waals surface area contributed by atoms with E-state index >= 15 is 0 Å². The van der Waals surface area contributed by atoms with Crippen LogP contribution in [0.2, 0.25) is 0 Å². The number of hydrogen-bond acceptors (Lipinski definition) is 4. The van der Waals surface area contributed by atoms with Crippen molar-refractivity contribution in [3.8, 4) is 0 Å². The second-order valence-electron chi connectivity index (χ2n) is 3.99. The molecule has 0 fully saturated rings. The van der Waals surface area contributed by atoms with Crippen LogP contribution in [0.15, 0.2) is 35.8 Å². The van der Waals surface area contributed by atoms with Crippen LogP contribution < -0.4 is 5.32 Å². The Hall–Kier alpha value is -1.23. The van der Waals surface area contributed by atoms with E-state index in [1.54, 1.807) is 18.4 Å². The van der Waals surface area contributed by atoms with Gasteiger partial charge in [-0.15, -0.1) is 11.3 Å². The fourth-order valence-corrected chi connectivity index (χ4v) is 2.74. The summed E-state index contributed by atoms with van der Waals surface area (Å²) in [7, 11) is 1.72. The molecule has 0 aliphatic heterocycles. The average Bonchev–Trinajstić information content (AvgIpc) is 2.91. The fraction of sp³-hybridized carbons (Fsp3) is 0.357. The van der Waals surface area contributed by atoms with Crippen LogP contribution in [0.4, 0.5) is 0 Å². The maximum absolute atomic E-state index is 5.27. The van der Waals surface area contributed by atoms with Crippen LogP contribution in [0.5, 0.6) is 0 Å². The first kappa shape index (κ1) is 13.2. The Kier molecular flexibility index (Phi) is 4.87. The van der Waals surface area contributed by atoms with Crippen LogP contribution in [0.3, 0.4) is 0 Å². The first-order valence-electron chi connectivity index (χ1n) is 6.06. The third-order valence-electron chi connectivity index (χ3n) is 2.77. The maximum atomic E-state index is 5.27. The molecule has 1 unspecified atom stereocenters. The second-order valence-corrected chi connectivity index (χ2v) is 4.92. The largest absolute Gasteiger partial charge is 0.380 e. The van der Waals surface area contributed by atoms with Crippen molar-refractivity contribution in [2.75, 3.05) is 13.7 Å². The summed E-state index contributed by atoms with van der Waals surface area (Å²) in [6, 6.07) is 8.51. The molecule has 1 N–H and O–H groups in total. The number of nitrogens with zero attached hydrogens (tertiary/aromatic N) is 1. The predicted molar refractivity (Wildman–Crippen MR) is 74.8 cm³/mol. The molecule has 1 aromatic carbocycles. The molecule has 0 spiro atoms. The summed E-state index contributed by atoms with van der Waals surface area (Å²) in [5.41, 5.74) is 2.46. The summed E-state index contributed by atoms with van der Waals surface area (Å²) in [5.74, 6) is 0. The average molecular weight is 262 g/mol. The van der Waals surface area contributed by atoms with Gasteiger partial charge in [-0.25, -0.2) is 4.98 Å². The van der Waals surface area contributed by atoms with E-state index in [2.05, 4.69) is 35.4 Å². The number of ether oxygens (including phenoxy) is 1. The van der Waals surface area contributed by atoms with Crippen molar-refractivity contribution in [1.29, 1.82) is 0 Å². The molecule has 0 amide bonds. The van der Waals surface area contributed by atoms with Gasteiger partial charge in [-0.2, -0.15) is 0 Å². The van der Waals surface area contributed by atoms with Crippen molar-refractivity contribution in [3.63, 3.8) is 0 Å². The normalized spacial score (nSPS) is 12.6. The molecule has 0 radical (unpaired) electrons. The quantitative estimate of drug-likeness (QED) is 0.869. The van der Waals surface area contributed by atoms with Crippen molar-refractivity contribution in [1.82, 2.24) is 10.3 Å². The topological polar surface area (TPSA) is 34.2 Å². The van der Waals surface area contributed by atoms with Crippen molar-refractivity contribution in [2.45, 2.75) is 19.6 Å². The van der Waals surface area contributed by atoms with Crippen molar-refractivity contribution in [3.05, 3.63) is 52.0 Å². The van der Waals surface area contributed by atoms with Gasteiger partial charge in [0, 0.05) is 18.7 Å². The molecule has 96 valence electrons. The molecule has 1 heterocycles. The van der Waals surface area contributed by atoms with E-state index in [9.17, 15) is 0 Å². The number of benzene rings is 1. The Balaban J connectivity index is 2.36. The molecule has 3 nitrogen and oxygen atoms in total. The molecule has 0 saturated heterocycles. The number of nitrogens with one attached hydrogen (secondary N) is 1. The fourth-order valence-electron chi connectivity index (χ4n) is 2.01. The smallest absolute Gasteiger partial charge is 0.114 e. The van der Waals surface area contributed by atoms with Gasteiger partial charge in [0.2, 0.25) is 0 Å². The molecule has 0 saturated carbocycles. The van der Waals surface area contributed by atoms with Gasteiger partial charge in [0.25, 0.3) is 0 Å². The van der Waals surface area contributed by atoms with E-state index in [0.29, 0.717) is 6.61 Å². The van der Waals surface area contributed by atoms with Crippen molar-refractivity contribution in [2.24, 2.45) is 0 Å². The van der Waals surface area contributed by atoms with Crippen LogP contribution in [-0.2, 0) is 11.3 Å². The third kappa shape index (κ3) is 2.96. The summed E-state index contributed by atoms with van der Waals surface area (Å²) in [6.07, 6.45) is 1.85. The summed E-state index contributed by atoms with van der Waals surface area (Å²) in [6.45, 7) is 3.65. The Labute approximate surface area is 112 Å². The lowest BCUT2D eigenvalue weighted by Gasteiger charge is -2.19. The highest BCUT2D eigenvalue weighted by Crippen LogP contribution is 2.26. The standard InChI is InChI=1S/C14H18N2OS/c1-3-15-13(14-16-8-9-18-14)12-7-5-4-6-11(12)10-17-2/h4-9,13,15H,3,10H2,1-2H3. The lowest BCUT2D eigenvalue weighted by atomic mass is 10.0. The number of rotatable bonds is 6. The minimum absolute atomic E-state index is 0.154. The number of hydrogen-bond donors (Lipinski definition) is 1. The van der Waals surface area contributed by atoms with E-state index in [1.165, 1.54) is 11.1 Å². The molecule has 0 aliphatic carbocycles. The lowest BCUT2D eigenvalue weighted by Crippen LogP contribution is -2.23. The summed E-state index contributed by atoms with van der Waals surface area (Å²) < 4.78 is 5.27. The molecule has 2 aromatic rings. The molecule has 1 aromatic heterocycles. The van der Waals surface area contributed by atoms with Crippen LogP contribution in [-0.4, -0.2) is 18.6 Å². The molecule has 1 atom stereocenters. The highest BCUT2D eigenvalue weighted by Gasteiger charge is 2.18. The monoisotopic (exact) mass is 262 g/mol. The van der Waals surface area contributed by atoms with Gasteiger partial charge in [-0.1, -0.05) is 31.2 Å². The number of thiazole rings is 1. The molecule has 2 rings (SSSR count). The highest BCUT2D eigenvalue weighted by molar-refractivity contribution is 7.09. The SMILES string of the molecule is CCNC(c1nccs1)c1ccccc1COC. The van der Waals surface area contributed by atoms with Gasteiger partial charge >= 0.3 is 0 Å². The van der Waals surface area contributed by atoms with Gasteiger partial charge in [0.15, 0.2) is 0 Å². The zero-order valence-electron chi connectivity index (χ0n) is 10.7. The zero-order chi connectivity index (χ0) is 12.8. The van der Waals surface area contributed by atoms with Gasteiger partial charge in [-0.05, 0) is 17.7 Å². The Morgan fingerprint density at radius 2 is 2.22 bits per heavy atom. The first-order chi connectivity index (χ1) is 8.86. The van der Waals surface area contributed by atoms with Gasteiger partial charge in [0.1, 0.15) is 5.01 Å². The Bertz CT molecular complexity index is 470. The van der Waals surface area contributed by atoms with Gasteiger partial charge < -0.3 is 10.1 Å². The molecular weight excluding hydrogens is 244 g/mol. The Morgan fingerprint density at radius 1 is 1.39 bits per heavy atom. The molecule has 0 bridgehead atoms. The van der Waals surface area contributed by atoms with E-state index in [-0.39, 0.29) is 6.04 Å². The minimum atomic E-state index is 0.154. The van der Waals surface area contributed by atoms with Gasteiger partial charge in [0.05, 0.1) is 12.6 Å². The van der Waals surface area contributed by atoms with Crippen molar-refractivity contribution >= 4 is 11.3 Å². The summed E-state index contributed by atoms with van der Waals surface area (Å²) >= 11 is 1.68. The lowest BCUT2D eigenvalue weighted by molar-refractivity contribution is 0.183. The van der Waals surface area contributed by atoms with E-state index in [1.807, 2.05) is 17.6 Å². The maximum Gasteiger partial charge on any atom is 0.114 e. The van der Waals surface area contributed by atoms with E-state index in [4.69, 9.17) is 4.74 Å². The van der Waals surface area contributed by atoms with Crippen LogP contribution in [0, 0.1) is 0 Å². The van der Waals surface area contributed by atoms with Gasteiger partial charge in [-0.3, -0.25) is 0 Å². The predicted octanol–water partition coefficient (Wildman–Crippen LogP) is 2.99. The van der Waals surface area contributed by atoms with Crippen LogP contribution in [0.25, 0.3) is 0 Å². The molecule has 18 heavy (non-hydrogen) atoms. The van der Waals surface area contributed by atoms with E-state index < -0.39 is 0 Å². The van der Waals surface area contributed by atoms with E-state index in [0.717, 1.165) is 11.6 Å². The minimum Gasteiger partial charge on any atom is -0.380 e. The van der Waals surface area contributed by atoms with Crippen LogP contribution in [0.1, 0.15) is 29.1 Å². The van der Waals surface area contributed by atoms with Crippen molar-refractivity contribution < 1.29 is 4.74 Å². The first-order valence-corrected chi connectivity index (χ1v) is 6.94. The molecule has 4 heteroatoms. The second kappa shape index (κ2) is 6.64. The van der Waals surface area contributed by atoms with Crippen LogP contribution >= 0.6 is 11.3 Å². The highest BCUT2D eigenvalue weighted by atomic mass is 32.1. The zero-order valence-corrected chi connectivity index (χ0v) is 11.5. The molecular formula is C14H18N2OS. The summed E-state index contributed by atoms with van der Waals surface area (Å²) in [5, 5.41) is 6.60. The number of methoxy groups -OCH3 is 1. The molecule has 0 aliphatic rings.